The predicted octanol–water partition coefficient (Wildman–Crippen LogP) is 13.4. The van der Waals surface area contributed by atoms with Crippen molar-refractivity contribution in [1.29, 1.82) is 0 Å². The largest absolute Gasteiger partial charge is 0.310 e. The molecule has 0 aliphatic carbocycles. The van der Waals surface area contributed by atoms with Gasteiger partial charge in [0.25, 0.3) is 0 Å². The molecule has 0 unspecified atom stereocenters. The summed E-state index contributed by atoms with van der Waals surface area (Å²) >= 11 is 0. The zero-order valence-electron chi connectivity index (χ0n) is 28.1. The van der Waals surface area contributed by atoms with E-state index in [-0.39, 0.29) is 0 Å². The van der Waals surface area contributed by atoms with Crippen molar-refractivity contribution in [1.82, 2.24) is 4.57 Å². The molecule has 0 saturated carbocycles. The summed E-state index contributed by atoms with van der Waals surface area (Å²) < 4.78 is 2.42. The fourth-order valence-electron chi connectivity index (χ4n) is 8.33. The molecule has 0 aliphatic rings. The van der Waals surface area contributed by atoms with Crippen LogP contribution in [0.1, 0.15) is 11.1 Å². The van der Waals surface area contributed by atoms with Crippen LogP contribution in [0.15, 0.2) is 170 Å². The van der Waals surface area contributed by atoms with Crippen LogP contribution in [0.3, 0.4) is 0 Å². The summed E-state index contributed by atoms with van der Waals surface area (Å²) in [5.74, 6) is 0. The van der Waals surface area contributed by atoms with Crippen LogP contribution in [0.4, 0.5) is 17.1 Å². The van der Waals surface area contributed by atoms with Gasteiger partial charge in [-0.05, 0) is 129 Å². The van der Waals surface area contributed by atoms with E-state index in [9.17, 15) is 0 Å². The van der Waals surface area contributed by atoms with Gasteiger partial charge in [-0.15, -0.1) is 0 Å². The number of hydrogen-bond donors (Lipinski definition) is 0. The number of benzene rings is 9. The number of hydrogen-bond acceptors (Lipinski definition) is 1. The molecule has 0 amide bonds. The van der Waals surface area contributed by atoms with Gasteiger partial charge >= 0.3 is 0 Å². The van der Waals surface area contributed by atoms with Crippen LogP contribution in [-0.2, 0) is 0 Å². The van der Waals surface area contributed by atoms with Crippen LogP contribution in [-0.4, -0.2) is 4.57 Å². The van der Waals surface area contributed by atoms with E-state index in [1.807, 2.05) is 0 Å². The number of nitrogens with zero attached hydrogens (tertiary/aromatic N) is 2. The maximum Gasteiger partial charge on any atom is 0.0553 e. The van der Waals surface area contributed by atoms with Crippen LogP contribution < -0.4 is 4.90 Å². The topological polar surface area (TPSA) is 8.17 Å². The Balaban J connectivity index is 1.21. The van der Waals surface area contributed by atoms with Crippen LogP contribution in [0, 0.1) is 13.8 Å². The molecule has 10 rings (SSSR count). The van der Waals surface area contributed by atoms with Gasteiger partial charge in [0.1, 0.15) is 0 Å². The molecular formula is C48H34N2. The molecule has 0 fully saturated rings. The molecule has 0 aliphatic heterocycles. The minimum absolute atomic E-state index is 1.15. The lowest BCUT2D eigenvalue weighted by Crippen LogP contribution is -2.11. The van der Waals surface area contributed by atoms with E-state index in [4.69, 9.17) is 0 Å². The van der Waals surface area contributed by atoms with Crippen LogP contribution in [0.2, 0.25) is 0 Å². The fourth-order valence-corrected chi connectivity index (χ4v) is 8.33. The number of aromatic nitrogens is 1. The standard InChI is InChI=1S/C48H34N2/c1-31-29-44(49(35-14-6-3-7-15-35)36-16-8-4-9-17-36)32(2)28-42(31)38-25-24-33-22-23-34-30-45-48(41-27-26-39(38)46(33)47(34)41)40-20-12-13-21-43(40)50(45)37-18-10-5-11-19-37/h3-30H,1-2H3. The third kappa shape index (κ3) is 4.22. The number of aryl methyl sites for hydroxylation is 2. The fraction of sp³-hybridized carbons (Fsp3) is 0.0417. The Kier molecular flexibility index (Phi) is 6.34. The van der Waals surface area contributed by atoms with Gasteiger partial charge in [0.2, 0.25) is 0 Å². The van der Waals surface area contributed by atoms with E-state index in [2.05, 4.69) is 193 Å². The van der Waals surface area contributed by atoms with Crippen LogP contribution >= 0.6 is 0 Å². The van der Waals surface area contributed by atoms with E-state index in [1.54, 1.807) is 0 Å². The third-order valence-corrected chi connectivity index (χ3v) is 10.5. The van der Waals surface area contributed by atoms with Crippen LogP contribution in [0.25, 0.3) is 70.9 Å². The minimum atomic E-state index is 1.15. The Bertz CT molecular complexity index is 2830. The molecular weight excluding hydrogens is 605 g/mol. The molecule has 236 valence electrons. The average Bonchev–Trinajstić information content (AvgIpc) is 3.50. The van der Waals surface area contributed by atoms with Crippen molar-refractivity contribution < 1.29 is 0 Å². The number of rotatable bonds is 5. The summed E-state index contributed by atoms with van der Waals surface area (Å²) in [6.07, 6.45) is 0. The quantitative estimate of drug-likeness (QED) is 0.170. The summed E-state index contributed by atoms with van der Waals surface area (Å²) in [6.45, 7) is 4.50. The summed E-state index contributed by atoms with van der Waals surface area (Å²) in [4.78, 5) is 2.37. The highest BCUT2D eigenvalue weighted by Crippen LogP contribution is 2.46. The first-order valence-corrected chi connectivity index (χ1v) is 17.4. The molecule has 50 heavy (non-hydrogen) atoms. The van der Waals surface area contributed by atoms with E-state index < -0.39 is 0 Å². The van der Waals surface area contributed by atoms with E-state index in [1.165, 1.54) is 87.8 Å². The van der Waals surface area contributed by atoms with E-state index >= 15 is 0 Å². The average molecular weight is 639 g/mol. The van der Waals surface area contributed by atoms with Gasteiger partial charge in [-0.25, -0.2) is 0 Å². The van der Waals surface area contributed by atoms with Gasteiger partial charge in [-0.1, -0.05) is 109 Å². The van der Waals surface area contributed by atoms with Gasteiger partial charge in [-0.3, -0.25) is 0 Å². The SMILES string of the molecule is Cc1cc(N(c2ccccc2)c2ccccc2)c(C)cc1-c1ccc2ccc3cc4c(c5ccc1c2c35)c1ccccc1n4-c1ccccc1. The maximum absolute atomic E-state index is 2.42. The van der Waals surface area contributed by atoms with Crippen molar-refractivity contribution in [2.45, 2.75) is 13.8 Å². The molecule has 0 N–H and O–H groups in total. The molecule has 2 heteroatoms. The highest BCUT2D eigenvalue weighted by atomic mass is 15.1. The number of anilines is 3. The molecule has 10 aromatic rings. The lowest BCUT2D eigenvalue weighted by atomic mass is 9.87. The molecule has 0 atom stereocenters. The Hall–Kier alpha value is -6.38. The van der Waals surface area contributed by atoms with Gasteiger partial charge in [0.05, 0.1) is 11.0 Å². The van der Waals surface area contributed by atoms with E-state index in [0.717, 1.165) is 11.4 Å². The second-order valence-corrected chi connectivity index (χ2v) is 13.5. The molecule has 0 spiro atoms. The molecule has 1 aromatic heterocycles. The molecule has 1 heterocycles. The van der Waals surface area contributed by atoms with Gasteiger partial charge in [0.15, 0.2) is 0 Å². The van der Waals surface area contributed by atoms with Crippen molar-refractivity contribution in [3.05, 3.63) is 181 Å². The highest BCUT2D eigenvalue weighted by molar-refractivity contribution is 6.34. The van der Waals surface area contributed by atoms with Gasteiger partial charge in [-0.2, -0.15) is 0 Å². The minimum Gasteiger partial charge on any atom is -0.310 e. The summed E-state index contributed by atoms with van der Waals surface area (Å²) in [7, 11) is 0. The second-order valence-electron chi connectivity index (χ2n) is 13.5. The summed E-state index contributed by atoms with van der Waals surface area (Å²) in [5.41, 5.74) is 12.2. The van der Waals surface area contributed by atoms with Gasteiger partial charge in [0, 0.05) is 33.5 Å². The van der Waals surface area contributed by atoms with Crippen molar-refractivity contribution >= 4 is 71.2 Å². The number of fused-ring (bicyclic) bond motifs is 4. The van der Waals surface area contributed by atoms with Crippen molar-refractivity contribution in [2.75, 3.05) is 4.90 Å². The lowest BCUT2D eigenvalue weighted by molar-refractivity contribution is 1.18. The molecule has 0 saturated heterocycles. The second kappa shape index (κ2) is 11.1. The summed E-state index contributed by atoms with van der Waals surface area (Å²) in [6, 6.07) is 62.1. The first-order chi connectivity index (χ1) is 24.7. The Morgan fingerprint density at radius 2 is 1.00 bits per heavy atom. The smallest absolute Gasteiger partial charge is 0.0553 e. The Labute approximate surface area is 291 Å². The van der Waals surface area contributed by atoms with Crippen LogP contribution in [0.5, 0.6) is 0 Å². The van der Waals surface area contributed by atoms with E-state index in [0.29, 0.717) is 0 Å². The number of para-hydroxylation sites is 4. The van der Waals surface area contributed by atoms with Crippen molar-refractivity contribution in [3.63, 3.8) is 0 Å². The molecule has 9 aromatic carbocycles. The third-order valence-electron chi connectivity index (χ3n) is 10.5. The zero-order valence-corrected chi connectivity index (χ0v) is 28.1. The highest BCUT2D eigenvalue weighted by Gasteiger charge is 2.21. The first-order valence-electron chi connectivity index (χ1n) is 17.4. The molecule has 0 bridgehead atoms. The Morgan fingerprint density at radius 3 is 1.74 bits per heavy atom. The Morgan fingerprint density at radius 1 is 0.400 bits per heavy atom. The molecule has 2 nitrogen and oxygen atoms in total. The van der Waals surface area contributed by atoms with Crippen molar-refractivity contribution in [2.24, 2.45) is 0 Å². The zero-order chi connectivity index (χ0) is 33.3. The van der Waals surface area contributed by atoms with Crippen molar-refractivity contribution in [3.8, 4) is 16.8 Å². The normalized spacial score (nSPS) is 11.8. The lowest BCUT2D eigenvalue weighted by Gasteiger charge is -2.28. The maximum atomic E-state index is 2.42. The summed E-state index contributed by atoms with van der Waals surface area (Å²) in [5, 5.41) is 10.4. The van der Waals surface area contributed by atoms with Gasteiger partial charge < -0.3 is 9.47 Å². The monoisotopic (exact) mass is 638 g/mol. The first kappa shape index (κ1) is 28.6. The predicted molar refractivity (Wildman–Crippen MR) is 214 cm³/mol. The molecule has 0 radical (unpaired) electrons.